The second-order valence-electron chi connectivity index (χ2n) is 5.22. The first-order chi connectivity index (χ1) is 9.74. The Morgan fingerprint density at radius 2 is 1.65 bits per heavy atom. The summed E-state index contributed by atoms with van der Waals surface area (Å²) in [5.74, 6) is 2.96. The van der Waals surface area contributed by atoms with Crippen LogP contribution in [0.5, 0.6) is 0 Å². The van der Waals surface area contributed by atoms with Crippen LogP contribution in [0.4, 0.5) is 11.6 Å². The van der Waals surface area contributed by atoms with Crippen molar-refractivity contribution in [1.29, 1.82) is 0 Å². The van der Waals surface area contributed by atoms with Crippen LogP contribution in [0.15, 0.2) is 6.07 Å². The first-order valence-corrected chi connectivity index (χ1v) is 8.05. The predicted molar refractivity (Wildman–Crippen MR) is 87.6 cm³/mol. The Kier molecular flexibility index (Phi) is 8.00. The molecule has 0 aliphatic heterocycles. The van der Waals surface area contributed by atoms with Gasteiger partial charge < -0.3 is 10.2 Å². The number of hydrogen-bond donors (Lipinski definition) is 1. The number of nitrogens with zero attached hydrogens (tertiary/aromatic N) is 3. The highest BCUT2D eigenvalue weighted by Crippen LogP contribution is 2.18. The highest BCUT2D eigenvalue weighted by molar-refractivity contribution is 5.49. The van der Waals surface area contributed by atoms with Gasteiger partial charge in [-0.2, -0.15) is 0 Å². The molecule has 114 valence electrons. The van der Waals surface area contributed by atoms with Gasteiger partial charge in [-0.05, 0) is 19.3 Å². The van der Waals surface area contributed by atoms with Crippen molar-refractivity contribution >= 4 is 11.6 Å². The van der Waals surface area contributed by atoms with Gasteiger partial charge in [-0.15, -0.1) is 0 Å². The predicted octanol–water partition coefficient (Wildman–Crippen LogP) is 3.88. The van der Waals surface area contributed by atoms with Crippen LogP contribution in [0.1, 0.15) is 58.7 Å². The summed E-state index contributed by atoms with van der Waals surface area (Å²) in [4.78, 5) is 11.7. The van der Waals surface area contributed by atoms with E-state index in [2.05, 4.69) is 42.0 Å². The Labute approximate surface area is 124 Å². The minimum atomic E-state index is 0.927. The van der Waals surface area contributed by atoms with E-state index in [0.29, 0.717) is 0 Å². The molecule has 4 nitrogen and oxygen atoms in total. The quantitative estimate of drug-likeness (QED) is 0.705. The molecule has 1 aromatic rings. The number of unbranched alkanes of at least 4 members (excludes halogenated alkanes) is 2. The van der Waals surface area contributed by atoms with Crippen molar-refractivity contribution in [3.63, 3.8) is 0 Å². The van der Waals surface area contributed by atoms with E-state index in [-0.39, 0.29) is 0 Å². The standard InChI is InChI=1S/C16H30N4/c1-5-8-11-20(12-9-6-2)16-13-15(17-4)18-14(19-16)10-7-3/h13H,5-12H2,1-4H3,(H,17,18,19). The van der Waals surface area contributed by atoms with Gasteiger partial charge in [0.15, 0.2) is 0 Å². The second kappa shape index (κ2) is 9.56. The summed E-state index contributed by atoms with van der Waals surface area (Å²) in [5, 5.41) is 3.16. The van der Waals surface area contributed by atoms with E-state index in [1.54, 1.807) is 0 Å². The van der Waals surface area contributed by atoms with Crippen LogP contribution in [0.25, 0.3) is 0 Å². The van der Waals surface area contributed by atoms with Crippen molar-refractivity contribution in [2.75, 3.05) is 30.4 Å². The molecule has 20 heavy (non-hydrogen) atoms. The molecule has 0 radical (unpaired) electrons. The molecule has 1 N–H and O–H groups in total. The molecular formula is C16H30N4. The van der Waals surface area contributed by atoms with E-state index < -0.39 is 0 Å². The van der Waals surface area contributed by atoms with Gasteiger partial charge in [0.05, 0.1) is 0 Å². The Bertz CT molecular complexity index is 371. The molecule has 0 saturated heterocycles. The van der Waals surface area contributed by atoms with Crippen LogP contribution in [-0.2, 0) is 6.42 Å². The molecule has 4 heteroatoms. The molecular weight excluding hydrogens is 248 g/mol. The molecule has 0 saturated carbocycles. The van der Waals surface area contributed by atoms with Gasteiger partial charge in [-0.1, -0.05) is 33.6 Å². The summed E-state index contributed by atoms with van der Waals surface area (Å²) in [6, 6.07) is 2.07. The lowest BCUT2D eigenvalue weighted by atomic mass is 10.2. The van der Waals surface area contributed by atoms with Gasteiger partial charge >= 0.3 is 0 Å². The Balaban J connectivity index is 2.93. The number of aryl methyl sites for hydroxylation is 1. The van der Waals surface area contributed by atoms with Crippen LogP contribution < -0.4 is 10.2 Å². The third-order valence-corrected chi connectivity index (χ3v) is 3.38. The SMILES string of the molecule is CCCCN(CCCC)c1cc(NC)nc(CCC)n1. The van der Waals surface area contributed by atoms with E-state index >= 15 is 0 Å². The number of anilines is 2. The molecule has 0 amide bonds. The van der Waals surface area contributed by atoms with Crippen molar-refractivity contribution in [2.24, 2.45) is 0 Å². The molecule has 0 atom stereocenters. The molecule has 0 unspecified atom stereocenters. The van der Waals surface area contributed by atoms with Crippen molar-refractivity contribution in [2.45, 2.75) is 59.3 Å². The zero-order chi connectivity index (χ0) is 14.8. The summed E-state index contributed by atoms with van der Waals surface area (Å²) in [6.07, 6.45) is 6.88. The third-order valence-electron chi connectivity index (χ3n) is 3.38. The van der Waals surface area contributed by atoms with Crippen LogP contribution in [0, 0.1) is 0 Å². The van der Waals surface area contributed by atoms with Crippen LogP contribution >= 0.6 is 0 Å². The summed E-state index contributed by atoms with van der Waals surface area (Å²) in [6.45, 7) is 8.81. The van der Waals surface area contributed by atoms with E-state index in [1.165, 1.54) is 25.7 Å². The van der Waals surface area contributed by atoms with Crippen molar-refractivity contribution in [1.82, 2.24) is 9.97 Å². The lowest BCUT2D eigenvalue weighted by Crippen LogP contribution is -2.27. The molecule has 0 aliphatic rings. The normalized spacial score (nSPS) is 10.6. The average molecular weight is 278 g/mol. The van der Waals surface area contributed by atoms with E-state index in [4.69, 9.17) is 4.98 Å². The third kappa shape index (κ3) is 5.35. The van der Waals surface area contributed by atoms with Gasteiger partial charge in [-0.3, -0.25) is 0 Å². The fourth-order valence-electron chi connectivity index (χ4n) is 2.15. The minimum absolute atomic E-state index is 0.927. The Hall–Kier alpha value is -1.32. The largest absolute Gasteiger partial charge is 0.373 e. The molecule has 0 bridgehead atoms. The number of hydrogen-bond acceptors (Lipinski definition) is 4. The topological polar surface area (TPSA) is 41.0 Å². The number of aromatic nitrogens is 2. The van der Waals surface area contributed by atoms with Crippen molar-refractivity contribution in [3.05, 3.63) is 11.9 Å². The first kappa shape index (κ1) is 16.7. The lowest BCUT2D eigenvalue weighted by molar-refractivity contribution is 0.667. The molecule has 0 aliphatic carbocycles. The maximum absolute atomic E-state index is 4.75. The smallest absolute Gasteiger partial charge is 0.134 e. The summed E-state index contributed by atoms with van der Waals surface area (Å²) < 4.78 is 0. The zero-order valence-corrected chi connectivity index (χ0v) is 13.6. The summed E-state index contributed by atoms with van der Waals surface area (Å²) in [5.41, 5.74) is 0. The zero-order valence-electron chi connectivity index (χ0n) is 13.6. The number of nitrogens with one attached hydrogen (secondary N) is 1. The highest BCUT2D eigenvalue weighted by atomic mass is 15.2. The van der Waals surface area contributed by atoms with Crippen LogP contribution in [0.2, 0.25) is 0 Å². The molecule has 0 fully saturated rings. The lowest BCUT2D eigenvalue weighted by Gasteiger charge is -2.24. The van der Waals surface area contributed by atoms with Gasteiger partial charge in [0.1, 0.15) is 17.5 Å². The Morgan fingerprint density at radius 1 is 1.00 bits per heavy atom. The van der Waals surface area contributed by atoms with Crippen LogP contribution in [0.3, 0.4) is 0 Å². The monoisotopic (exact) mass is 278 g/mol. The van der Waals surface area contributed by atoms with Gasteiger partial charge in [0, 0.05) is 32.6 Å². The molecule has 0 aromatic carbocycles. The van der Waals surface area contributed by atoms with Gasteiger partial charge in [0.25, 0.3) is 0 Å². The maximum atomic E-state index is 4.75. The fourth-order valence-corrected chi connectivity index (χ4v) is 2.15. The molecule has 1 heterocycles. The van der Waals surface area contributed by atoms with Crippen LogP contribution in [-0.4, -0.2) is 30.1 Å². The first-order valence-electron chi connectivity index (χ1n) is 8.05. The summed E-state index contributed by atoms with van der Waals surface area (Å²) >= 11 is 0. The van der Waals surface area contributed by atoms with Crippen molar-refractivity contribution < 1.29 is 0 Å². The molecule has 1 aromatic heterocycles. The Morgan fingerprint density at radius 3 is 2.15 bits per heavy atom. The van der Waals surface area contributed by atoms with E-state index in [9.17, 15) is 0 Å². The highest BCUT2D eigenvalue weighted by Gasteiger charge is 2.10. The fraction of sp³-hybridized carbons (Fsp3) is 0.750. The van der Waals surface area contributed by atoms with Crippen molar-refractivity contribution in [3.8, 4) is 0 Å². The number of rotatable bonds is 10. The average Bonchev–Trinajstić information content (AvgIpc) is 2.47. The molecule has 1 rings (SSSR count). The molecule has 0 spiro atoms. The maximum Gasteiger partial charge on any atom is 0.134 e. The van der Waals surface area contributed by atoms with Gasteiger partial charge in [0.2, 0.25) is 0 Å². The van der Waals surface area contributed by atoms with E-state index in [1.807, 2.05) is 7.05 Å². The van der Waals surface area contributed by atoms with E-state index in [0.717, 1.165) is 43.4 Å². The van der Waals surface area contributed by atoms with Gasteiger partial charge in [-0.25, -0.2) is 9.97 Å². The summed E-state index contributed by atoms with van der Waals surface area (Å²) in [7, 11) is 1.92. The minimum Gasteiger partial charge on any atom is -0.373 e. The second-order valence-corrected chi connectivity index (χ2v) is 5.22.